The summed E-state index contributed by atoms with van der Waals surface area (Å²) < 4.78 is 11.2. The second-order valence-electron chi connectivity index (χ2n) is 8.08. The average Bonchev–Trinajstić information content (AvgIpc) is 3.15. The van der Waals surface area contributed by atoms with E-state index in [1.807, 2.05) is 39.8 Å². The van der Waals surface area contributed by atoms with E-state index in [2.05, 4.69) is 25.9 Å². The Bertz CT molecular complexity index is 667. The van der Waals surface area contributed by atoms with Crippen LogP contribution in [0.15, 0.2) is 23.3 Å². The summed E-state index contributed by atoms with van der Waals surface area (Å²) in [6.45, 7) is 9.76. The van der Waals surface area contributed by atoms with E-state index in [1.54, 1.807) is 6.20 Å². The number of nitrogens with one attached hydrogen (secondary N) is 3. The number of aliphatic imine (C=N–C) groups is 1. The predicted octanol–water partition coefficient (Wildman–Crippen LogP) is 2.98. The number of ether oxygens (including phenoxy) is 2. The molecule has 0 unspecified atom stereocenters. The average molecular weight is 406 g/mol. The van der Waals surface area contributed by atoms with Gasteiger partial charge in [-0.05, 0) is 65.0 Å². The zero-order chi connectivity index (χ0) is 21.1. The molecule has 0 saturated heterocycles. The van der Waals surface area contributed by atoms with E-state index in [9.17, 15) is 4.79 Å². The summed E-state index contributed by atoms with van der Waals surface area (Å²) in [5.41, 5.74) is 0.538. The Morgan fingerprint density at radius 1 is 1.21 bits per heavy atom. The normalized spacial score (nSPS) is 15.1. The van der Waals surface area contributed by atoms with Gasteiger partial charge in [0, 0.05) is 31.9 Å². The molecular formula is C21H35N5O3. The molecule has 8 heteroatoms. The van der Waals surface area contributed by atoms with Gasteiger partial charge in [0.1, 0.15) is 11.7 Å². The number of alkyl carbamates (subject to hydrolysis) is 1. The van der Waals surface area contributed by atoms with Gasteiger partial charge in [0.2, 0.25) is 5.88 Å². The lowest BCUT2D eigenvalue weighted by molar-refractivity contribution is 0.0529. The van der Waals surface area contributed by atoms with Gasteiger partial charge in [-0.25, -0.2) is 14.8 Å². The van der Waals surface area contributed by atoms with Crippen molar-refractivity contribution in [1.29, 1.82) is 0 Å². The van der Waals surface area contributed by atoms with Crippen molar-refractivity contribution in [3.63, 3.8) is 0 Å². The maximum absolute atomic E-state index is 11.7. The van der Waals surface area contributed by atoms with Crippen molar-refractivity contribution in [1.82, 2.24) is 20.9 Å². The second kappa shape index (κ2) is 11.5. The molecule has 1 aromatic heterocycles. The largest absolute Gasteiger partial charge is 0.474 e. The Morgan fingerprint density at radius 2 is 1.93 bits per heavy atom. The Labute approximate surface area is 173 Å². The van der Waals surface area contributed by atoms with Crippen molar-refractivity contribution >= 4 is 12.1 Å². The number of carbonyl (C=O) groups is 1. The molecule has 1 aliphatic carbocycles. The fourth-order valence-electron chi connectivity index (χ4n) is 2.96. The first-order valence-corrected chi connectivity index (χ1v) is 10.5. The number of hydrogen-bond acceptors (Lipinski definition) is 5. The number of nitrogens with zero attached hydrogens (tertiary/aromatic N) is 2. The van der Waals surface area contributed by atoms with Gasteiger partial charge in [0.15, 0.2) is 5.96 Å². The molecule has 1 saturated carbocycles. The fourth-order valence-corrected chi connectivity index (χ4v) is 2.96. The van der Waals surface area contributed by atoms with Gasteiger partial charge in [-0.1, -0.05) is 0 Å². The molecule has 162 valence electrons. The van der Waals surface area contributed by atoms with E-state index >= 15 is 0 Å². The van der Waals surface area contributed by atoms with Crippen LogP contribution < -0.4 is 20.7 Å². The highest BCUT2D eigenvalue weighted by Crippen LogP contribution is 2.23. The Kier molecular flexibility index (Phi) is 9.02. The van der Waals surface area contributed by atoms with Crippen LogP contribution in [0.1, 0.15) is 58.9 Å². The minimum atomic E-state index is -0.501. The summed E-state index contributed by atoms with van der Waals surface area (Å²) in [6.07, 6.45) is 6.31. The maximum Gasteiger partial charge on any atom is 0.407 e. The Balaban J connectivity index is 1.79. The van der Waals surface area contributed by atoms with E-state index < -0.39 is 11.7 Å². The minimum absolute atomic E-state index is 0.290. The Morgan fingerprint density at radius 3 is 2.62 bits per heavy atom. The number of hydrogen-bond donors (Lipinski definition) is 3. The third-order valence-electron chi connectivity index (χ3n) is 4.24. The molecule has 29 heavy (non-hydrogen) atoms. The number of amides is 1. The minimum Gasteiger partial charge on any atom is -0.474 e. The third kappa shape index (κ3) is 9.49. The highest BCUT2D eigenvalue weighted by atomic mass is 16.6. The maximum atomic E-state index is 11.7. The van der Waals surface area contributed by atoms with Crippen molar-refractivity contribution in [3.8, 4) is 5.88 Å². The van der Waals surface area contributed by atoms with Gasteiger partial charge >= 0.3 is 6.09 Å². The number of guanidine groups is 1. The summed E-state index contributed by atoms with van der Waals surface area (Å²) in [7, 11) is 0. The van der Waals surface area contributed by atoms with E-state index in [4.69, 9.17) is 9.47 Å². The predicted molar refractivity (Wildman–Crippen MR) is 114 cm³/mol. The standard InChI is InChI=1S/C21H35N5O3/c1-5-22-19(24-12-13-25-20(27)29-21(2,3)4)26-15-16-10-11-23-18(14-16)28-17-8-6-7-9-17/h10-11,14,17H,5-9,12-13,15H2,1-4H3,(H,25,27)(H2,22,24,26). The van der Waals surface area contributed by atoms with Gasteiger partial charge < -0.3 is 25.4 Å². The third-order valence-corrected chi connectivity index (χ3v) is 4.24. The molecule has 1 aromatic rings. The highest BCUT2D eigenvalue weighted by molar-refractivity contribution is 5.79. The Hall–Kier alpha value is -2.51. The molecule has 1 amide bonds. The molecule has 0 spiro atoms. The zero-order valence-electron chi connectivity index (χ0n) is 18.1. The fraction of sp³-hybridized carbons (Fsp3) is 0.667. The van der Waals surface area contributed by atoms with Crippen LogP contribution in [-0.4, -0.2) is 48.4 Å². The topological polar surface area (TPSA) is 96.9 Å². The molecular weight excluding hydrogens is 370 g/mol. The van der Waals surface area contributed by atoms with Gasteiger partial charge in [-0.15, -0.1) is 0 Å². The lowest BCUT2D eigenvalue weighted by atomic mass is 10.2. The monoisotopic (exact) mass is 405 g/mol. The van der Waals surface area contributed by atoms with Gasteiger partial charge in [-0.2, -0.15) is 0 Å². The first-order chi connectivity index (χ1) is 13.9. The summed E-state index contributed by atoms with van der Waals surface area (Å²) in [4.78, 5) is 20.6. The van der Waals surface area contributed by atoms with Crippen LogP contribution in [0, 0.1) is 0 Å². The van der Waals surface area contributed by atoms with Crippen LogP contribution in [0.2, 0.25) is 0 Å². The molecule has 3 N–H and O–H groups in total. The van der Waals surface area contributed by atoms with Crippen LogP contribution in [0.5, 0.6) is 5.88 Å². The highest BCUT2D eigenvalue weighted by Gasteiger charge is 2.17. The van der Waals surface area contributed by atoms with Gasteiger partial charge in [0.05, 0.1) is 6.54 Å². The van der Waals surface area contributed by atoms with Crippen molar-refractivity contribution < 1.29 is 14.3 Å². The number of aromatic nitrogens is 1. The van der Waals surface area contributed by atoms with E-state index in [0.29, 0.717) is 31.5 Å². The molecule has 0 bridgehead atoms. The number of rotatable bonds is 8. The summed E-state index contributed by atoms with van der Waals surface area (Å²) in [5.74, 6) is 1.36. The molecule has 0 aromatic carbocycles. The second-order valence-corrected chi connectivity index (χ2v) is 8.08. The van der Waals surface area contributed by atoms with E-state index in [-0.39, 0.29) is 6.10 Å². The summed E-state index contributed by atoms with van der Waals surface area (Å²) >= 11 is 0. The number of carbonyl (C=O) groups excluding carboxylic acids is 1. The first-order valence-electron chi connectivity index (χ1n) is 10.5. The van der Waals surface area contributed by atoms with E-state index in [0.717, 1.165) is 24.9 Å². The number of pyridine rings is 1. The van der Waals surface area contributed by atoms with Crippen molar-refractivity contribution in [3.05, 3.63) is 23.9 Å². The lowest BCUT2D eigenvalue weighted by Gasteiger charge is -2.19. The summed E-state index contributed by atoms with van der Waals surface area (Å²) in [5, 5.41) is 9.13. The van der Waals surface area contributed by atoms with Crippen LogP contribution in [0.4, 0.5) is 4.79 Å². The molecule has 0 aliphatic heterocycles. The van der Waals surface area contributed by atoms with Crippen molar-refractivity contribution in [2.24, 2.45) is 4.99 Å². The van der Waals surface area contributed by atoms with Crippen molar-refractivity contribution in [2.75, 3.05) is 19.6 Å². The molecule has 1 aliphatic rings. The van der Waals surface area contributed by atoms with Crippen LogP contribution in [-0.2, 0) is 11.3 Å². The van der Waals surface area contributed by atoms with Crippen molar-refractivity contribution in [2.45, 2.75) is 71.6 Å². The molecule has 1 heterocycles. The molecule has 1 fully saturated rings. The molecule has 8 nitrogen and oxygen atoms in total. The molecule has 0 atom stereocenters. The van der Waals surface area contributed by atoms with Crippen LogP contribution in [0.25, 0.3) is 0 Å². The smallest absolute Gasteiger partial charge is 0.407 e. The van der Waals surface area contributed by atoms with E-state index in [1.165, 1.54) is 12.8 Å². The lowest BCUT2D eigenvalue weighted by Crippen LogP contribution is -2.42. The first kappa shape index (κ1) is 22.8. The van der Waals surface area contributed by atoms with Crippen LogP contribution >= 0.6 is 0 Å². The van der Waals surface area contributed by atoms with Gasteiger partial charge in [-0.3, -0.25) is 0 Å². The molecule has 0 radical (unpaired) electrons. The SMILES string of the molecule is CCNC(=NCc1ccnc(OC2CCCC2)c1)NCCNC(=O)OC(C)(C)C. The quantitative estimate of drug-likeness (QED) is 0.349. The van der Waals surface area contributed by atoms with Gasteiger partial charge in [0.25, 0.3) is 0 Å². The molecule has 2 rings (SSSR count). The van der Waals surface area contributed by atoms with Crippen LogP contribution in [0.3, 0.4) is 0 Å². The summed E-state index contributed by atoms with van der Waals surface area (Å²) in [6, 6.07) is 3.90. The zero-order valence-corrected chi connectivity index (χ0v) is 18.1.